The zero-order valence-corrected chi connectivity index (χ0v) is 11.6. The van der Waals surface area contributed by atoms with Gasteiger partial charge in [0.1, 0.15) is 5.75 Å². The molecular formula is C15H17N3O3. The molecule has 110 valence electrons. The number of carbonyl (C=O) groups is 1. The van der Waals surface area contributed by atoms with Crippen molar-refractivity contribution in [3.63, 3.8) is 0 Å². The Morgan fingerprint density at radius 2 is 2.19 bits per heavy atom. The molecule has 0 aliphatic carbocycles. The standard InChI is InChI=1S/C15H17N3O3/c19-11-3-1-10(2-4-11)5-7-16-15(20)14-12-9-21-8-6-13(12)17-18-14/h1-4,19H,5-9H2,(H,16,20)(H,17,18). The average Bonchev–Trinajstić information content (AvgIpc) is 2.93. The van der Waals surface area contributed by atoms with E-state index in [9.17, 15) is 9.90 Å². The van der Waals surface area contributed by atoms with Crippen LogP contribution in [0, 0.1) is 0 Å². The lowest BCUT2D eigenvalue weighted by molar-refractivity contribution is 0.0925. The SMILES string of the molecule is O=C(NCCc1ccc(O)cc1)c1n[nH]c2c1COCC2. The number of phenolic OH excluding ortho intramolecular Hbond substituents is 1. The third kappa shape index (κ3) is 3.05. The molecule has 3 N–H and O–H groups in total. The lowest BCUT2D eigenvalue weighted by Crippen LogP contribution is -2.27. The second-order valence-corrected chi connectivity index (χ2v) is 5.00. The molecule has 0 radical (unpaired) electrons. The van der Waals surface area contributed by atoms with Gasteiger partial charge in [-0.3, -0.25) is 9.89 Å². The molecule has 0 bridgehead atoms. The van der Waals surface area contributed by atoms with Crippen molar-refractivity contribution in [2.75, 3.05) is 13.2 Å². The molecule has 2 heterocycles. The van der Waals surface area contributed by atoms with E-state index in [0.717, 1.165) is 23.2 Å². The molecule has 1 aromatic carbocycles. The molecular weight excluding hydrogens is 270 g/mol. The van der Waals surface area contributed by atoms with Gasteiger partial charge in [-0.2, -0.15) is 5.10 Å². The summed E-state index contributed by atoms with van der Waals surface area (Å²) in [6, 6.07) is 6.95. The number of aromatic hydroxyl groups is 1. The van der Waals surface area contributed by atoms with Crippen LogP contribution in [0.4, 0.5) is 0 Å². The summed E-state index contributed by atoms with van der Waals surface area (Å²) in [7, 11) is 0. The number of fused-ring (bicyclic) bond motifs is 1. The maximum Gasteiger partial charge on any atom is 0.272 e. The lowest BCUT2D eigenvalue weighted by Gasteiger charge is -2.12. The molecule has 1 aliphatic heterocycles. The van der Waals surface area contributed by atoms with Crippen LogP contribution in [0.25, 0.3) is 0 Å². The second kappa shape index (κ2) is 5.97. The maximum atomic E-state index is 12.1. The lowest BCUT2D eigenvalue weighted by atomic mass is 10.1. The fourth-order valence-corrected chi connectivity index (χ4v) is 2.37. The minimum absolute atomic E-state index is 0.184. The Labute approximate surface area is 122 Å². The molecule has 6 nitrogen and oxygen atoms in total. The summed E-state index contributed by atoms with van der Waals surface area (Å²) in [4.78, 5) is 12.1. The molecule has 0 spiro atoms. The maximum absolute atomic E-state index is 12.1. The Morgan fingerprint density at radius 1 is 1.38 bits per heavy atom. The van der Waals surface area contributed by atoms with Gasteiger partial charge in [-0.05, 0) is 24.1 Å². The number of nitrogens with one attached hydrogen (secondary N) is 2. The predicted octanol–water partition coefficient (Wildman–Crippen LogP) is 1.16. The van der Waals surface area contributed by atoms with Gasteiger partial charge < -0.3 is 15.2 Å². The topological polar surface area (TPSA) is 87.2 Å². The van der Waals surface area contributed by atoms with Gasteiger partial charge in [0.25, 0.3) is 5.91 Å². The van der Waals surface area contributed by atoms with Crippen molar-refractivity contribution in [3.05, 3.63) is 46.8 Å². The first kappa shape index (κ1) is 13.6. The largest absolute Gasteiger partial charge is 0.508 e. The number of nitrogens with zero attached hydrogens (tertiary/aromatic N) is 1. The highest BCUT2D eigenvalue weighted by Gasteiger charge is 2.21. The normalized spacial score (nSPS) is 13.7. The molecule has 3 rings (SSSR count). The Hall–Kier alpha value is -2.34. The summed E-state index contributed by atoms with van der Waals surface area (Å²) in [6.07, 6.45) is 1.47. The minimum atomic E-state index is -0.184. The number of rotatable bonds is 4. The third-order valence-corrected chi connectivity index (χ3v) is 3.55. The summed E-state index contributed by atoms with van der Waals surface area (Å²) in [5, 5.41) is 19.1. The number of aromatic nitrogens is 2. The highest BCUT2D eigenvalue weighted by molar-refractivity contribution is 5.93. The summed E-state index contributed by atoms with van der Waals surface area (Å²) in [6.45, 7) is 1.62. The van der Waals surface area contributed by atoms with E-state index >= 15 is 0 Å². The number of hydrogen-bond donors (Lipinski definition) is 3. The van der Waals surface area contributed by atoms with E-state index in [-0.39, 0.29) is 11.7 Å². The molecule has 1 aromatic heterocycles. The number of benzene rings is 1. The van der Waals surface area contributed by atoms with Gasteiger partial charge in [-0.15, -0.1) is 0 Å². The van der Waals surface area contributed by atoms with Crippen LogP contribution in [0.15, 0.2) is 24.3 Å². The molecule has 0 unspecified atom stereocenters. The average molecular weight is 287 g/mol. The second-order valence-electron chi connectivity index (χ2n) is 5.00. The first-order chi connectivity index (χ1) is 10.2. The molecule has 1 aliphatic rings. The van der Waals surface area contributed by atoms with Crippen molar-refractivity contribution in [2.24, 2.45) is 0 Å². The third-order valence-electron chi connectivity index (χ3n) is 3.55. The Balaban J connectivity index is 1.57. The number of hydrogen-bond acceptors (Lipinski definition) is 4. The van der Waals surface area contributed by atoms with Crippen LogP contribution < -0.4 is 5.32 Å². The van der Waals surface area contributed by atoms with Crippen LogP contribution in [0.3, 0.4) is 0 Å². The molecule has 6 heteroatoms. The molecule has 21 heavy (non-hydrogen) atoms. The van der Waals surface area contributed by atoms with E-state index in [1.165, 1.54) is 0 Å². The van der Waals surface area contributed by atoms with Crippen molar-refractivity contribution in [1.29, 1.82) is 0 Å². The van der Waals surface area contributed by atoms with Crippen LogP contribution >= 0.6 is 0 Å². The van der Waals surface area contributed by atoms with E-state index in [1.54, 1.807) is 12.1 Å². The zero-order valence-electron chi connectivity index (χ0n) is 11.6. The van der Waals surface area contributed by atoms with E-state index in [0.29, 0.717) is 31.9 Å². The van der Waals surface area contributed by atoms with Gasteiger partial charge in [-0.1, -0.05) is 12.1 Å². The van der Waals surface area contributed by atoms with E-state index in [4.69, 9.17) is 4.74 Å². The summed E-state index contributed by atoms with van der Waals surface area (Å²) >= 11 is 0. The summed E-state index contributed by atoms with van der Waals surface area (Å²) in [5.41, 5.74) is 3.34. The van der Waals surface area contributed by atoms with Crippen molar-refractivity contribution >= 4 is 5.91 Å². The van der Waals surface area contributed by atoms with Gasteiger partial charge in [0.15, 0.2) is 5.69 Å². The van der Waals surface area contributed by atoms with Gasteiger partial charge in [0.05, 0.1) is 13.2 Å². The zero-order chi connectivity index (χ0) is 14.7. The van der Waals surface area contributed by atoms with Crippen LogP contribution in [-0.4, -0.2) is 34.4 Å². The van der Waals surface area contributed by atoms with Crippen LogP contribution in [0.1, 0.15) is 27.3 Å². The fraction of sp³-hybridized carbons (Fsp3) is 0.333. The van der Waals surface area contributed by atoms with Gasteiger partial charge >= 0.3 is 0 Å². The smallest absolute Gasteiger partial charge is 0.272 e. The summed E-state index contributed by atoms with van der Waals surface area (Å²) in [5.74, 6) is 0.0581. The number of phenols is 1. The number of amides is 1. The molecule has 1 amide bonds. The first-order valence-electron chi connectivity index (χ1n) is 6.94. The van der Waals surface area contributed by atoms with Crippen LogP contribution in [0.5, 0.6) is 5.75 Å². The van der Waals surface area contributed by atoms with Crippen LogP contribution in [0.2, 0.25) is 0 Å². The monoisotopic (exact) mass is 287 g/mol. The quantitative estimate of drug-likeness (QED) is 0.787. The fourth-order valence-electron chi connectivity index (χ4n) is 2.37. The molecule has 0 fully saturated rings. The Bertz CT molecular complexity index is 634. The van der Waals surface area contributed by atoms with Crippen molar-refractivity contribution in [1.82, 2.24) is 15.5 Å². The van der Waals surface area contributed by atoms with Gasteiger partial charge in [0, 0.05) is 24.2 Å². The van der Waals surface area contributed by atoms with Gasteiger partial charge in [-0.25, -0.2) is 0 Å². The summed E-state index contributed by atoms with van der Waals surface area (Å²) < 4.78 is 5.37. The Kier molecular flexibility index (Phi) is 3.87. The number of H-pyrrole nitrogens is 1. The number of aromatic amines is 1. The molecule has 0 saturated heterocycles. The van der Waals surface area contributed by atoms with Crippen molar-refractivity contribution in [3.8, 4) is 5.75 Å². The van der Waals surface area contributed by atoms with Crippen molar-refractivity contribution < 1.29 is 14.6 Å². The molecule has 0 atom stereocenters. The van der Waals surface area contributed by atoms with Crippen LogP contribution in [-0.2, 0) is 24.2 Å². The highest BCUT2D eigenvalue weighted by Crippen LogP contribution is 2.17. The van der Waals surface area contributed by atoms with Gasteiger partial charge in [0.2, 0.25) is 0 Å². The molecule has 0 saturated carbocycles. The predicted molar refractivity (Wildman–Crippen MR) is 76.1 cm³/mol. The Morgan fingerprint density at radius 3 is 3.00 bits per heavy atom. The number of ether oxygens (including phenoxy) is 1. The highest BCUT2D eigenvalue weighted by atomic mass is 16.5. The number of carbonyl (C=O) groups excluding carboxylic acids is 1. The van der Waals surface area contributed by atoms with E-state index in [1.807, 2.05) is 12.1 Å². The minimum Gasteiger partial charge on any atom is -0.508 e. The first-order valence-corrected chi connectivity index (χ1v) is 6.94. The molecule has 2 aromatic rings. The van der Waals surface area contributed by atoms with Crippen molar-refractivity contribution in [2.45, 2.75) is 19.4 Å². The van der Waals surface area contributed by atoms with E-state index < -0.39 is 0 Å². The van der Waals surface area contributed by atoms with E-state index in [2.05, 4.69) is 15.5 Å².